The van der Waals surface area contributed by atoms with E-state index in [1.807, 2.05) is 0 Å². The maximum Gasteiger partial charge on any atom is 0.306 e. The Hall–Kier alpha value is -1.49. The van der Waals surface area contributed by atoms with E-state index in [2.05, 4.69) is 34.3 Å². The van der Waals surface area contributed by atoms with E-state index >= 15 is 0 Å². The third-order valence-corrected chi connectivity index (χ3v) is 11.3. The first-order chi connectivity index (χ1) is 17.7. The molecule has 4 saturated carbocycles. The van der Waals surface area contributed by atoms with Crippen molar-refractivity contribution in [3.05, 3.63) is 12.7 Å². The summed E-state index contributed by atoms with van der Waals surface area (Å²) < 4.78 is 11.4. The van der Waals surface area contributed by atoms with Crippen molar-refractivity contribution in [3.8, 4) is 0 Å². The number of esters is 1. The lowest BCUT2D eigenvalue weighted by Gasteiger charge is -2.59. The maximum atomic E-state index is 14.0. The van der Waals surface area contributed by atoms with Crippen molar-refractivity contribution in [1.82, 2.24) is 0 Å². The summed E-state index contributed by atoms with van der Waals surface area (Å²) in [6, 6.07) is 0. The van der Waals surface area contributed by atoms with Gasteiger partial charge in [-0.15, -0.1) is 0 Å². The van der Waals surface area contributed by atoms with Crippen molar-refractivity contribution in [2.45, 2.75) is 111 Å². The molecule has 4 rings (SSSR count). The molecule has 5 nitrogen and oxygen atoms in total. The van der Waals surface area contributed by atoms with Crippen LogP contribution in [0.15, 0.2) is 12.7 Å². The van der Waals surface area contributed by atoms with Crippen molar-refractivity contribution in [2.24, 2.45) is 46.3 Å². The van der Waals surface area contributed by atoms with Gasteiger partial charge in [-0.05, 0) is 80.0 Å². The number of hydrogen-bond donors (Lipinski definition) is 0. The van der Waals surface area contributed by atoms with Crippen LogP contribution in [0.4, 0.5) is 0 Å². The molecule has 0 radical (unpaired) electrons. The normalized spacial score (nSPS) is 39.9. The lowest BCUT2D eigenvalue weighted by molar-refractivity contribution is -0.170. The summed E-state index contributed by atoms with van der Waals surface area (Å²) in [5.41, 5.74) is -0.401. The number of rotatable bonds is 11. The summed E-state index contributed by atoms with van der Waals surface area (Å²) in [6.45, 7) is 13.6. The quantitative estimate of drug-likeness (QED) is 0.174. The van der Waals surface area contributed by atoms with Gasteiger partial charge in [0.25, 0.3) is 0 Å². The van der Waals surface area contributed by atoms with Gasteiger partial charge >= 0.3 is 5.97 Å². The minimum Gasteiger partial charge on any atom is -0.461 e. The van der Waals surface area contributed by atoms with Gasteiger partial charge in [-0.3, -0.25) is 14.4 Å². The number of unbranched alkanes of at least 4 members (excludes halogenated alkanes) is 2. The van der Waals surface area contributed by atoms with E-state index in [0.29, 0.717) is 36.7 Å². The Morgan fingerprint density at radius 3 is 2.65 bits per heavy atom. The molecule has 0 aliphatic heterocycles. The highest BCUT2D eigenvalue weighted by atomic mass is 16.5. The number of carbonyl (C=O) groups excluding carboxylic acids is 3. The Bertz CT molecular complexity index is 865. The standard InChI is InChI=1S/C32H50O5/c1-6-8-9-17-36-23-14-15-31(4)22(18-23)19-27(33)30-25-12-11-24(32(25,5)28(34)20-26(30)31)21(3)10-13-29(35)37-16-7-2/h7,21-26,30H,2,6,8-20H2,1,3-5H3/t21-,22?,23-,24-,25+,26+,30+,31+,32-/m1/s1. The first kappa shape index (κ1) is 28.5. The molecule has 0 spiro atoms. The Labute approximate surface area is 224 Å². The smallest absolute Gasteiger partial charge is 0.306 e. The van der Waals surface area contributed by atoms with Crippen molar-refractivity contribution >= 4 is 17.5 Å². The van der Waals surface area contributed by atoms with Crippen LogP contribution in [0, 0.1) is 46.3 Å². The van der Waals surface area contributed by atoms with Gasteiger partial charge in [-0.25, -0.2) is 0 Å². The minimum atomic E-state index is -0.454. The van der Waals surface area contributed by atoms with Crippen LogP contribution in [0.25, 0.3) is 0 Å². The zero-order valence-corrected chi connectivity index (χ0v) is 23.8. The van der Waals surface area contributed by atoms with Gasteiger partial charge in [0.1, 0.15) is 18.2 Å². The fourth-order valence-corrected chi connectivity index (χ4v) is 9.08. The molecule has 0 heterocycles. The number of ketones is 2. The number of fused-ring (bicyclic) bond motifs is 5. The molecule has 9 atom stereocenters. The summed E-state index contributed by atoms with van der Waals surface area (Å²) in [7, 11) is 0. The molecule has 0 amide bonds. The molecule has 0 saturated heterocycles. The van der Waals surface area contributed by atoms with Gasteiger partial charge in [-0.1, -0.05) is 53.2 Å². The van der Waals surface area contributed by atoms with Gasteiger partial charge in [0, 0.05) is 37.2 Å². The van der Waals surface area contributed by atoms with Crippen molar-refractivity contribution in [2.75, 3.05) is 13.2 Å². The first-order valence-corrected chi connectivity index (χ1v) is 15.1. The molecule has 0 aromatic rings. The molecule has 1 unspecified atom stereocenters. The summed E-state index contributed by atoms with van der Waals surface area (Å²) in [6.07, 6.45) is 12.7. The predicted molar refractivity (Wildman–Crippen MR) is 145 cm³/mol. The number of hydrogen-bond acceptors (Lipinski definition) is 5. The number of ether oxygens (including phenoxy) is 2. The fraction of sp³-hybridized carbons (Fsp3) is 0.844. The second-order valence-corrected chi connectivity index (χ2v) is 13.2. The van der Waals surface area contributed by atoms with E-state index in [1.165, 1.54) is 12.8 Å². The maximum absolute atomic E-state index is 14.0. The van der Waals surface area contributed by atoms with Crippen LogP contribution in [0.2, 0.25) is 0 Å². The summed E-state index contributed by atoms with van der Waals surface area (Å²) in [5, 5.41) is 0. The first-order valence-electron chi connectivity index (χ1n) is 15.1. The average molecular weight is 515 g/mol. The van der Waals surface area contributed by atoms with E-state index in [9.17, 15) is 14.4 Å². The molecule has 37 heavy (non-hydrogen) atoms. The zero-order chi connectivity index (χ0) is 26.8. The minimum absolute atomic E-state index is 0.0146. The van der Waals surface area contributed by atoms with Crippen molar-refractivity contribution in [3.63, 3.8) is 0 Å². The fourth-order valence-electron chi connectivity index (χ4n) is 9.08. The van der Waals surface area contributed by atoms with Crippen LogP contribution in [-0.2, 0) is 23.9 Å². The molecule has 4 aliphatic rings. The summed E-state index contributed by atoms with van der Waals surface area (Å²) in [4.78, 5) is 39.9. The van der Waals surface area contributed by atoms with E-state index in [-0.39, 0.29) is 53.7 Å². The Kier molecular flexibility index (Phi) is 9.03. The SMILES string of the molecule is C=CCOC(=O)CC[C@@H](C)[C@H]1CC[C@H]2[C@@H]3C(=O)CC4C[C@H](OCCCCC)CC[C@]4(C)[C@H]3CC(=O)[C@]12C. The molecule has 0 bridgehead atoms. The monoisotopic (exact) mass is 514 g/mol. The highest BCUT2D eigenvalue weighted by Crippen LogP contribution is 2.66. The Morgan fingerprint density at radius 1 is 1.14 bits per heavy atom. The molecular weight excluding hydrogens is 464 g/mol. The molecule has 4 fully saturated rings. The van der Waals surface area contributed by atoms with Crippen molar-refractivity contribution < 1.29 is 23.9 Å². The summed E-state index contributed by atoms with van der Waals surface area (Å²) in [5.74, 6) is 1.71. The van der Waals surface area contributed by atoms with Gasteiger partial charge < -0.3 is 9.47 Å². The molecule has 0 aromatic carbocycles. The van der Waals surface area contributed by atoms with E-state index in [4.69, 9.17) is 9.47 Å². The lowest BCUT2D eigenvalue weighted by Crippen LogP contribution is -2.60. The lowest BCUT2D eigenvalue weighted by atomic mass is 9.43. The zero-order valence-electron chi connectivity index (χ0n) is 23.8. The number of Topliss-reactive ketones (excluding diaryl/α,β-unsaturated/α-hetero) is 2. The van der Waals surface area contributed by atoms with Crippen LogP contribution >= 0.6 is 0 Å². The summed E-state index contributed by atoms with van der Waals surface area (Å²) >= 11 is 0. The van der Waals surface area contributed by atoms with Crippen LogP contribution in [0.1, 0.15) is 105 Å². The Morgan fingerprint density at radius 2 is 1.92 bits per heavy atom. The Balaban J connectivity index is 1.45. The number of carbonyl (C=O) groups is 3. The second-order valence-electron chi connectivity index (χ2n) is 13.2. The van der Waals surface area contributed by atoms with E-state index in [1.54, 1.807) is 6.08 Å². The molecule has 0 aromatic heterocycles. The highest BCUT2D eigenvalue weighted by Gasteiger charge is 2.66. The molecule has 208 valence electrons. The molecule has 0 N–H and O–H groups in total. The van der Waals surface area contributed by atoms with E-state index < -0.39 is 5.41 Å². The third-order valence-electron chi connectivity index (χ3n) is 11.3. The van der Waals surface area contributed by atoms with Crippen LogP contribution in [0.5, 0.6) is 0 Å². The molecular formula is C32H50O5. The third kappa shape index (κ3) is 5.36. The van der Waals surface area contributed by atoms with Crippen molar-refractivity contribution in [1.29, 1.82) is 0 Å². The second kappa shape index (κ2) is 11.7. The largest absolute Gasteiger partial charge is 0.461 e. The van der Waals surface area contributed by atoms with Gasteiger partial charge in [0.15, 0.2) is 0 Å². The predicted octanol–water partition coefficient (Wildman–Crippen LogP) is 6.72. The highest BCUT2D eigenvalue weighted by molar-refractivity contribution is 5.92. The van der Waals surface area contributed by atoms with Gasteiger partial charge in [0.2, 0.25) is 0 Å². The topological polar surface area (TPSA) is 69.7 Å². The average Bonchev–Trinajstić information content (AvgIpc) is 3.23. The van der Waals surface area contributed by atoms with Gasteiger partial charge in [-0.2, -0.15) is 0 Å². The molecule has 4 aliphatic carbocycles. The van der Waals surface area contributed by atoms with E-state index in [0.717, 1.165) is 51.6 Å². The molecule has 5 heteroatoms. The van der Waals surface area contributed by atoms with Crippen LogP contribution in [0.3, 0.4) is 0 Å². The van der Waals surface area contributed by atoms with Gasteiger partial charge in [0.05, 0.1) is 6.10 Å². The van der Waals surface area contributed by atoms with Crippen LogP contribution in [-0.4, -0.2) is 36.9 Å². The van der Waals surface area contributed by atoms with Crippen LogP contribution < -0.4 is 0 Å².